The van der Waals surface area contributed by atoms with Crippen molar-refractivity contribution in [1.29, 1.82) is 0 Å². The molecule has 1 aliphatic rings. The summed E-state index contributed by atoms with van der Waals surface area (Å²) in [6, 6.07) is 5.28. The van der Waals surface area contributed by atoms with Gasteiger partial charge in [-0.3, -0.25) is 4.79 Å². The van der Waals surface area contributed by atoms with Crippen LogP contribution >= 0.6 is 35.6 Å². The molecule has 1 aliphatic carbocycles. The summed E-state index contributed by atoms with van der Waals surface area (Å²) in [5.41, 5.74) is 6.27. The summed E-state index contributed by atoms with van der Waals surface area (Å²) in [7, 11) is 1.75. The zero-order chi connectivity index (χ0) is 13.3. The lowest BCUT2D eigenvalue weighted by Gasteiger charge is -2.39. The largest absolute Gasteiger partial charge is 0.340 e. The minimum absolute atomic E-state index is 0. The van der Waals surface area contributed by atoms with Crippen LogP contribution in [0.1, 0.15) is 24.8 Å². The quantitative estimate of drug-likeness (QED) is 0.928. The Morgan fingerprint density at radius 2 is 1.84 bits per heavy atom. The van der Waals surface area contributed by atoms with E-state index in [9.17, 15) is 4.79 Å². The molecule has 0 aromatic heterocycles. The predicted molar refractivity (Wildman–Crippen MR) is 81.0 cm³/mol. The third-order valence-electron chi connectivity index (χ3n) is 3.36. The van der Waals surface area contributed by atoms with Crippen LogP contribution in [-0.4, -0.2) is 23.4 Å². The van der Waals surface area contributed by atoms with Crippen molar-refractivity contribution in [3.8, 4) is 0 Å². The number of halogens is 3. The molecule has 0 unspecified atom stereocenters. The summed E-state index contributed by atoms with van der Waals surface area (Å²) in [6.07, 6.45) is 2.57. The lowest BCUT2D eigenvalue weighted by molar-refractivity contribution is -0.139. The Balaban J connectivity index is 0.00000180. The van der Waals surface area contributed by atoms with Gasteiger partial charge in [-0.05, 0) is 43.0 Å². The number of nitrogens with two attached hydrogens (primary N) is 1. The maximum absolute atomic E-state index is 12.2. The van der Waals surface area contributed by atoms with Gasteiger partial charge in [0.1, 0.15) is 0 Å². The van der Waals surface area contributed by atoms with Gasteiger partial charge in [-0.25, -0.2) is 0 Å². The summed E-state index contributed by atoms with van der Waals surface area (Å²) in [5.74, 6) is -0.00940. The Morgan fingerprint density at radius 3 is 2.26 bits per heavy atom. The van der Waals surface area contributed by atoms with Gasteiger partial charge in [0.05, 0.1) is 5.54 Å². The zero-order valence-corrected chi connectivity index (χ0v) is 13.0. The van der Waals surface area contributed by atoms with Crippen molar-refractivity contribution < 1.29 is 4.79 Å². The lowest BCUT2D eigenvalue weighted by Crippen LogP contribution is -2.58. The van der Waals surface area contributed by atoms with Crippen molar-refractivity contribution in [2.24, 2.45) is 5.73 Å². The highest BCUT2D eigenvalue weighted by atomic mass is 35.5. The first-order valence-electron chi connectivity index (χ1n) is 5.90. The van der Waals surface area contributed by atoms with E-state index in [0.717, 1.165) is 24.8 Å². The Bertz CT molecular complexity index is 455. The topological polar surface area (TPSA) is 46.3 Å². The molecule has 6 heteroatoms. The van der Waals surface area contributed by atoms with Crippen LogP contribution in [0.4, 0.5) is 0 Å². The molecule has 106 valence electrons. The fraction of sp³-hybridized carbons (Fsp3) is 0.462. The van der Waals surface area contributed by atoms with Crippen LogP contribution in [0, 0.1) is 0 Å². The van der Waals surface area contributed by atoms with Crippen LogP contribution in [0.15, 0.2) is 18.2 Å². The van der Waals surface area contributed by atoms with E-state index in [1.807, 2.05) is 0 Å². The van der Waals surface area contributed by atoms with E-state index in [4.69, 9.17) is 28.9 Å². The molecule has 0 spiro atoms. The Labute approximate surface area is 129 Å². The normalized spacial score (nSPS) is 16.2. The molecule has 0 saturated heterocycles. The van der Waals surface area contributed by atoms with E-state index in [0.29, 0.717) is 16.6 Å². The Kier molecular flexibility index (Phi) is 5.51. The summed E-state index contributed by atoms with van der Waals surface area (Å²) in [6.45, 7) is 0.470. The van der Waals surface area contributed by atoms with Crippen molar-refractivity contribution in [3.63, 3.8) is 0 Å². The highest BCUT2D eigenvalue weighted by Gasteiger charge is 2.41. The number of benzene rings is 1. The first-order valence-corrected chi connectivity index (χ1v) is 6.66. The zero-order valence-electron chi connectivity index (χ0n) is 10.7. The average molecular weight is 324 g/mol. The van der Waals surface area contributed by atoms with Crippen molar-refractivity contribution in [2.45, 2.75) is 31.3 Å². The number of nitrogens with zero attached hydrogens (tertiary/aromatic N) is 1. The van der Waals surface area contributed by atoms with E-state index < -0.39 is 5.54 Å². The number of amides is 1. The van der Waals surface area contributed by atoms with E-state index in [1.54, 1.807) is 30.1 Å². The summed E-state index contributed by atoms with van der Waals surface area (Å²) >= 11 is 11.9. The second-order valence-corrected chi connectivity index (χ2v) is 5.82. The number of carbonyl (C=O) groups excluding carboxylic acids is 1. The molecule has 0 aliphatic heterocycles. The van der Waals surface area contributed by atoms with Crippen LogP contribution in [0.5, 0.6) is 0 Å². The van der Waals surface area contributed by atoms with Gasteiger partial charge in [0.15, 0.2) is 0 Å². The fourth-order valence-corrected chi connectivity index (χ4v) is 2.77. The van der Waals surface area contributed by atoms with Gasteiger partial charge >= 0.3 is 0 Å². The van der Waals surface area contributed by atoms with Crippen LogP contribution in [-0.2, 0) is 11.3 Å². The maximum Gasteiger partial charge on any atom is 0.242 e. The van der Waals surface area contributed by atoms with E-state index in [-0.39, 0.29) is 18.3 Å². The first kappa shape index (κ1) is 16.6. The minimum Gasteiger partial charge on any atom is -0.340 e. The fourth-order valence-electron chi connectivity index (χ4n) is 2.20. The maximum atomic E-state index is 12.2. The molecule has 19 heavy (non-hydrogen) atoms. The van der Waals surface area contributed by atoms with Crippen LogP contribution in [0.25, 0.3) is 0 Å². The lowest BCUT2D eigenvalue weighted by atomic mass is 9.76. The third-order valence-corrected chi connectivity index (χ3v) is 3.80. The Hall–Kier alpha value is -0.480. The predicted octanol–water partition coefficient (Wildman–Crippen LogP) is 3.26. The molecule has 0 bridgehead atoms. The number of hydrogen-bond donors (Lipinski definition) is 1. The molecule has 0 radical (unpaired) electrons. The molecular weight excluding hydrogens is 307 g/mol. The monoisotopic (exact) mass is 322 g/mol. The molecule has 0 heterocycles. The molecule has 2 N–H and O–H groups in total. The van der Waals surface area contributed by atoms with Crippen LogP contribution in [0.2, 0.25) is 10.0 Å². The van der Waals surface area contributed by atoms with Gasteiger partial charge in [0, 0.05) is 23.6 Å². The van der Waals surface area contributed by atoms with Gasteiger partial charge in [0.2, 0.25) is 5.91 Å². The number of hydrogen-bond acceptors (Lipinski definition) is 2. The molecular formula is C13H17Cl3N2O. The summed E-state index contributed by atoms with van der Waals surface area (Å²) in [5, 5.41) is 1.15. The number of likely N-dealkylation sites (N-methyl/N-ethyl adjacent to an activating group) is 1. The average Bonchev–Trinajstić information content (AvgIpc) is 2.23. The van der Waals surface area contributed by atoms with Gasteiger partial charge in [0.25, 0.3) is 0 Å². The molecule has 1 amide bonds. The molecule has 1 fully saturated rings. The van der Waals surface area contributed by atoms with Crippen molar-refractivity contribution >= 4 is 41.5 Å². The van der Waals surface area contributed by atoms with Gasteiger partial charge in [-0.2, -0.15) is 0 Å². The number of carbonyl (C=O) groups is 1. The molecule has 1 aromatic rings. The SMILES string of the molecule is CN(Cc1cc(Cl)cc(Cl)c1)C(=O)C1(N)CCC1.Cl. The minimum atomic E-state index is -0.656. The van der Waals surface area contributed by atoms with Gasteiger partial charge in [-0.15, -0.1) is 12.4 Å². The molecule has 1 saturated carbocycles. The van der Waals surface area contributed by atoms with Crippen molar-refractivity contribution in [2.75, 3.05) is 7.05 Å². The van der Waals surface area contributed by atoms with Crippen molar-refractivity contribution in [1.82, 2.24) is 4.90 Å². The second-order valence-electron chi connectivity index (χ2n) is 4.95. The van der Waals surface area contributed by atoms with Gasteiger partial charge in [-0.1, -0.05) is 23.2 Å². The second kappa shape index (κ2) is 6.31. The first-order chi connectivity index (χ1) is 8.40. The third kappa shape index (κ3) is 3.76. The highest BCUT2D eigenvalue weighted by molar-refractivity contribution is 6.34. The van der Waals surface area contributed by atoms with E-state index in [2.05, 4.69) is 0 Å². The summed E-state index contributed by atoms with van der Waals surface area (Å²) < 4.78 is 0. The van der Waals surface area contributed by atoms with E-state index >= 15 is 0 Å². The molecule has 0 atom stereocenters. The van der Waals surface area contributed by atoms with Crippen LogP contribution < -0.4 is 5.73 Å². The summed E-state index contributed by atoms with van der Waals surface area (Å²) in [4.78, 5) is 13.8. The van der Waals surface area contributed by atoms with Crippen molar-refractivity contribution in [3.05, 3.63) is 33.8 Å². The molecule has 3 nitrogen and oxygen atoms in total. The Morgan fingerprint density at radius 1 is 1.32 bits per heavy atom. The van der Waals surface area contributed by atoms with E-state index in [1.165, 1.54) is 0 Å². The van der Waals surface area contributed by atoms with Gasteiger partial charge < -0.3 is 10.6 Å². The molecule has 1 aromatic carbocycles. The smallest absolute Gasteiger partial charge is 0.242 e. The number of rotatable bonds is 3. The standard InChI is InChI=1S/C13H16Cl2N2O.ClH/c1-17(12(18)13(16)3-2-4-13)8-9-5-10(14)7-11(15)6-9;/h5-7H,2-4,8,16H2,1H3;1H. The molecule has 2 rings (SSSR count). The van der Waals surface area contributed by atoms with Crippen LogP contribution in [0.3, 0.4) is 0 Å². The highest BCUT2D eigenvalue weighted by Crippen LogP contribution is 2.31.